The van der Waals surface area contributed by atoms with Crippen LogP contribution >= 0.6 is 0 Å². The van der Waals surface area contributed by atoms with E-state index in [-0.39, 0.29) is 0 Å². The lowest BCUT2D eigenvalue weighted by Gasteiger charge is -2.53. The molecular formula is C15H26N2O2. The summed E-state index contributed by atoms with van der Waals surface area (Å²) in [7, 11) is 0. The molecule has 0 bridgehead atoms. The molecule has 3 N–H and O–H groups in total. The summed E-state index contributed by atoms with van der Waals surface area (Å²) >= 11 is 0. The van der Waals surface area contributed by atoms with Crippen LogP contribution in [0.3, 0.4) is 0 Å². The van der Waals surface area contributed by atoms with E-state index in [0.29, 0.717) is 29.4 Å². The standard InChI is InChI=1S/C15H26N2O2/c1-10-5-6-13(16-18)15(4,17-19)8-7-12-11(10)9-14(12,2)3/h11-12,17-19H,1,5-9H2,2-4H3/b16-13-/t11-,12+,15+/m0/s1. The Morgan fingerprint density at radius 2 is 2.00 bits per heavy atom. The lowest BCUT2D eigenvalue weighted by atomic mass is 9.52. The Bertz CT molecular complexity index is 403. The van der Waals surface area contributed by atoms with Crippen LogP contribution in [0.5, 0.6) is 0 Å². The third kappa shape index (κ3) is 2.43. The summed E-state index contributed by atoms with van der Waals surface area (Å²) in [6.07, 6.45) is 4.49. The largest absolute Gasteiger partial charge is 0.411 e. The van der Waals surface area contributed by atoms with E-state index in [4.69, 9.17) is 0 Å². The Morgan fingerprint density at radius 3 is 2.53 bits per heavy atom. The number of nitrogens with zero attached hydrogens (tertiary/aromatic N) is 1. The lowest BCUT2D eigenvalue weighted by molar-refractivity contribution is -0.00532. The van der Waals surface area contributed by atoms with Crippen LogP contribution in [0.1, 0.15) is 52.9 Å². The normalized spacial score (nSPS) is 40.8. The maximum absolute atomic E-state index is 9.46. The van der Waals surface area contributed by atoms with E-state index >= 15 is 0 Å². The molecule has 0 aliphatic heterocycles. The number of rotatable bonds is 1. The topological polar surface area (TPSA) is 64.9 Å². The molecule has 108 valence electrons. The van der Waals surface area contributed by atoms with Gasteiger partial charge in [-0.05, 0) is 56.3 Å². The third-order valence-corrected chi connectivity index (χ3v) is 5.40. The van der Waals surface area contributed by atoms with Gasteiger partial charge in [0.25, 0.3) is 0 Å². The van der Waals surface area contributed by atoms with Crippen LogP contribution in [0.25, 0.3) is 0 Å². The van der Waals surface area contributed by atoms with Crippen molar-refractivity contribution in [3.8, 4) is 0 Å². The molecule has 0 saturated heterocycles. The number of hydrogen-bond donors (Lipinski definition) is 3. The van der Waals surface area contributed by atoms with Gasteiger partial charge in [-0.2, -0.15) is 5.48 Å². The zero-order valence-corrected chi connectivity index (χ0v) is 12.2. The minimum Gasteiger partial charge on any atom is -0.411 e. The molecule has 2 aliphatic rings. The number of hydrogen-bond acceptors (Lipinski definition) is 4. The first-order valence-electron chi connectivity index (χ1n) is 7.14. The highest BCUT2D eigenvalue weighted by atomic mass is 16.5. The van der Waals surface area contributed by atoms with Crippen molar-refractivity contribution < 1.29 is 10.4 Å². The number of allylic oxidation sites excluding steroid dienone is 1. The highest BCUT2D eigenvalue weighted by molar-refractivity contribution is 5.92. The van der Waals surface area contributed by atoms with Gasteiger partial charge in [-0.1, -0.05) is 31.2 Å². The van der Waals surface area contributed by atoms with Crippen molar-refractivity contribution in [3.63, 3.8) is 0 Å². The number of fused-ring (bicyclic) bond motifs is 1. The van der Waals surface area contributed by atoms with Gasteiger partial charge in [0, 0.05) is 0 Å². The molecule has 0 heterocycles. The SMILES string of the molecule is C=C1CC/C(=N/O)[C@](C)(NO)CC[C@@H]2[C@H]1CC2(C)C. The van der Waals surface area contributed by atoms with Gasteiger partial charge < -0.3 is 10.4 Å². The molecule has 2 rings (SSSR count). The van der Waals surface area contributed by atoms with Gasteiger partial charge in [0.1, 0.15) is 0 Å². The molecule has 0 aromatic heterocycles. The fraction of sp³-hybridized carbons (Fsp3) is 0.800. The van der Waals surface area contributed by atoms with Crippen LogP contribution in [-0.4, -0.2) is 21.7 Å². The van der Waals surface area contributed by atoms with Crippen LogP contribution in [0.15, 0.2) is 17.3 Å². The number of hydroxylamine groups is 1. The van der Waals surface area contributed by atoms with Crippen LogP contribution in [0, 0.1) is 17.3 Å². The smallest absolute Gasteiger partial charge is 0.0815 e. The molecule has 2 aliphatic carbocycles. The Kier molecular flexibility index (Phi) is 3.76. The molecule has 0 unspecified atom stereocenters. The molecule has 0 radical (unpaired) electrons. The quantitative estimate of drug-likeness (QED) is 0.387. The summed E-state index contributed by atoms with van der Waals surface area (Å²) in [6.45, 7) is 10.7. The third-order valence-electron chi connectivity index (χ3n) is 5.40. The van der Waals surface area contributed by atoms with Crippen LogP contribution in [0.4, 0.5) is 0 Å². The molecule has 0 amide bonds. The van der Waals surface area contributed by atoms with E-state index < -0.39 is 5.54 Å². The van der Waals surface area contributed by atoms with Gasteiger partial charge in [0.05, 0.1) is 11.3 Å². The van der Waals surface area contributed by atoms with Crippen molar-refractivity contribution in [2.45, 2.75) is 58.4 Å². The van der Waals surface area contributed by atoms with E-state index in [9.17, 15) is 10.4 Å². The van der Waals surface area contributed by atoms with Crippen molar-refractivity contribution >= 4 is 5.71 Å². The van der Waals surface area contributed by atoms with E-state index in [2.05, 4.69) is 31.1 Å². The second-order valence-corrected chi connectivity index (χ2v) is 7.09. The van der Waals surface area contributed by atoms with Crippen molar-refractivity contribution in [1.82, 2.24) is 5.48 Å². The first-order chi connectivity index (χ1) is 8.84. The van der Waals surface area contributed by atoms with Crippen LogP contribution in [0.2, 0.25) is 0 Å². The van der Waals surface area contributed by atoms with Gasteiger partial charge >= 0.3 is 0 Å². The van der Waals surface area contributed by atoms with E-state index in [1.54, 1.807) is 0 Å². The second-order valence-electron chi connectivity index (χ2n) is 7.09. The molecule has 3 atom stereocenters. The summed E-state index contributed by atoms with van der Waals surface area (Å²) in [4.78, 5) is 0. The van der Waals surface area contributed by atoms with Gasteiger partial charge in [-0.25, -0.2) is 0 Å². The molecular weight excluding hydrogens is 240 g/mol. The van der Waals surface area contributed by atoms with E-state index in [1.807, 2.05) is 6.92 Å². The second kappa shape index (κ2) is 4.91. The molecule has 0 aromatic carbocycles. The maximum atomic E-state index is 9.46. The minimum absolute atomic E-state index is 0.352. The summed E-state index contributed by atoms with van der Waals surface area (Å²) in [6, 6.07) is 0. The Hall–Kier alpha value is -0.870. The number of nitrogens with one attached hydrogen (secondary N) is 1. The monoisotopic (exact) mass is 266 g/mol. The molecule has 0 aromatic rings. The van der Waals surface area contributed by atoms with Crippen LogP contribution in [-0.2, 0) is 0 Å². The lowest BCUT2D eigenvalue weighted by Crippen LogP contribution is -2.49. The molecule has 19 heavy (non-hydrogen) atoms. The molecule has 4 nitrogen and oxygen atoms in total. The van der Waals surface area contributed by atoms with Crippen molar-refractivity contribution in [1.29, 1.82) is 0 Å². The van der Waals surface area contributed by atoms with Crippen molar-refractivity contribution in [2.75, 3.05) is 0 Å². The zero-order chi connectivity index (χ0) is 14.3. The fourth-order valence-electron chi connectivity index (χ4n) is 3.87. The predicted molar refractivity (Wildman–Crippen MR) is 75.5 cm³/mol. The fourth-order valence-corrected chi connectivity index (χ4v) is 3.87. The van der Waals surface area contributed by atoms with Crippen molar-refractivity contribution in [3.05, 3.63) is 12.2 Å². The highest BCUT2D eigenvalue weighted by Crippen LogP contribution is 2.56. The summed E-state index contributed by atoms with van der Waals surface area (Å²) < 4.78 is 0. The maximum Gasteiger partial charge on any atom is 0.0815 e. The van der Waals surface area contributed by atoms with E-state index in [1.165, 1.54) is 12.0 Å². The first kappa shape index (κ1) is 14.5. The average molecular weight is 266 g/mol. The predicted octanol–water partition coefficient (Wildman–Crippen LogP) is 3.35. The minimum atomic E-state index is -0.629. The highest BCUT2D eigenvalue weighted by Gasteiger charge is 2.49. The number of oxime groups is 1. The average Bonchev–Trinajstić information content (AvgIpc) is 2.39. The summed E-state index contributed by atoms with van der Waals surface area (Å²) in [5.74, 6) is 1.21. The van der Waals surface area contributed by atoms with Gasteiger partial charge in [-0.3, -0.25) is 0 Å². The summed E-state index contributed by atoms with van der Waals surface area (Å²) in [5, 5.41) is 22.1. The molecule has 0 spiro atoms. The van der Waals surface area contributed by atoms with Gasteiger partial charge in [0.2, 0.25) is 0 Å². The Morgan fingerprint density at radius 1 is 1.32 bits per heavy atom. The van der Waals surface area contributed by atoms with Gasteiger partial charge in [-0.15, -0.1) is 0 Å². The van der Waals surface area contributed by atoms with E-state index in [0.717, 1.165) is 19.3 Å². The molecule has 4 heteroatoms. The first-order valence-corrected chi connectivity index (χ1v) is 7.14. The molecule has 2 saturated carbocycles. The Balaban J connectivity index is 2.24. The Labute approximate surface area is 115 Å². The molecule has 2 fully saturated rings. The summed E-state index contributed by atoms with van der Waals surface area (Å²) in [5.41, 5.74) is 3.97. The van der Waals surface area contributed by atoms with Crippen molar-refractivity contribution in [2.24, 2.45) is 22.4 Å². The van der Waals surface area contributed by atoms with Crippen LogP contribution < -0.4 is 5.48 Å². The van der Waals surface area contributed by atoms with Gasteiger partial charge in [0.15, 0.2) is 0 Å². The zero-order valence-electron chi connectivity index (χ0n) is 12.2.